The minimum atomic E-state index is -0.355. The summed E-state index contributed by atoms with van der Waals surface area (Å²) in [4.78, 5) is 20.7. The number of aromatic nitrogens is 2. The third kappa shape index (κ3) is 5.85. The van der Waals surface area contributed by atoms with Gasteiger partial charge < -0.3 is 24.3 Å². The summed E-state index contributed by atoms with van der Waals surface area (Å²) in [5, 5.41) is 3.29. The van der Waals surface area contributed by atoms with Gasteiger partial charge in [-0.2, -0.15) is 9.97 Å². The second kappa shape index (κ2) is 10.8. The van der Waals surface area contributed by atoms with Gasteiger partial charge in [-0.05, 0) is 24.6 Å². The lowest BCUT2D eigenvalue weighted by molar-refractivity contribution is 0.0506. The highest BCUT2D eigenvalue weighted by Crippen LogP contribution is 2.27. The Kier molecular flexibility index (Phi) is 7.64. The molecule has 0 aliphatic carbocycles. The minimum absolute atomic E-state index is 0.104. The van der Waals surface area contributed by atoms with Crippen LogP contribution in [0.5, 0.6) is 23.5 Å². The lowest BCUT2D eigenvalue weighted by Gasteiger charge is -2.14. The number of anilines is 1. The second-order valence-corrected chi connectivity index (χ2v) is 6.48. The average molecular weight is 423 g/mol. The highest BCUT2D eigenvalue weighted by molar-refractivity contribution is 5.95. The molecule has 8 nitrogen and oxygen atoms in total. The van der Waals surface area contributed by atoms with Crippen LogP contribution in [0.25, 0.3) is 0 Å². The van der Waals surface area contributed by atoms with Crippen molar-refractivity contribution in [2.75, 3.05) is 26.1 Å². The van der Waals surface area contributed by atoms with Gasteiger partial charge in [0.1, 0.15) is 5.75 Å². The molecule has 1 heterocycles. The van der Waals surface area contributed by atoms with Crippen molar-refractivity contribution in [3.8, 4) is 23.5 Å². The molecular weight excluding hydrogens is 398 g/mol. The number of rotatable bonds is 10. The highest BCUT2D eigenvalue weighted by Gasteiger charge is 2.14. The molecule has 0 fully saturated rings. The summed E-state index contributed by atoms with van der Waals surface area (Å²) >= 11 is 0. The van der Waals surface area contributed by atoms with E-state index in [0.717, 1.165) is 12.0 Å². The fraction of sp³-hybridized carbons (Fsp3) is 0.261. The van der Waals surface area contributed by atoms with Crippen molar-refractivity contribution in [3.63, 3.8) is 0 Å². The van der Waals surface area contributed by atoms with Gasteiger partial charge in [-0.3, -0.25) is 0 Å². The van der Waals surface area contributed by atoms with Gasteiger partial charge in [0.25, 0.3) is 0 Å². The van der Waals surface area contributed by atoms with Crippen LogP contribution in [-0.4, -0.2) is 36.8 Å². The van der Waals surface area contributed by atoms with Crippen molar-refractivity contribution in [2.24, 2.45) is 0 Å². The van der Waals surface area contributed by atoms with E-state index in [1.54, 1.807) is 18.2 Å². The quantitative estimate of drug-likeness (QED) is 0.478. The zero-order valence-electron chi connectivity index (χ0n) is 17.8. The van der Waals surface area contributed by atoms with Gasteiger partial charge >= 0.3 is 12.0 Å². The van der Waals surface area contributed by atoms with Crippen molar-refractivity contribution < 1.29 is 23.7 Å². The second-order valence-electron chi connectivity index (χ2n) is 6.48. The van der Waals surface area contributed by atoms with Gasteiger partial charge in [0.15, 0.2) is 0 Å². The van der Waals surface area contributed by atoms with Crippen molar-refractivity contribution in [3.05, 3.63) is 65.7 Å². The van der Waals surface area contributed by atoms with Crippen LogP contribution >= 0.6 is 0 Å². The Morgan fingerprint density at radius 1 is 0.968 bits per heavy atom. The van der Waals surface area contributed by atoms with Gasteiger partial charge in [0.05, 0.1) is 32.5 Å². The topological polar surface area (TPSA) is 91.8 Å². The van der Waals surface area contributed by atoms with Gasteiger partial charge in [-0.1, -0.05) is 37.3 Å². The number of ether oxygens (including phenoxy) is 4. The summed E-state index contributed by atoms with van der Waals surface area (Å²) in [6.07, 6.45) is 0.767. The van der Waals surface area contributed by atoms with Crippen LogP contribution < -0.4 is 19.5 Å². The zero-order valence-corrected chi connectivity index (χ0v) is 17.8. The molecule has 0 spiro atoms. The summed E-state index contributed by atoms with van der Waals surface area (Å²) in [7, 11) is 3.01. The summed E-state index contributed by atoms with van der Waals surface area (Å²) in [6, 6.07) is 16.4. The molecule has 3 aromatic rings. The Bertz CT molecular complexity index is 1000. The number of carbonyl (C=O) groups excluding carboxylic acids is 1. The third-order valence-corrected chi connectivity index (χ3v) is 4.30. The van der Waals surface area contributed by atoms with E-state index >= 15 is 0 Å². The van der Waals surface area contributed by atoms with Crippen molar-refractivity contribution in [1.29, 1.82) is 0 Å². The molecule has 0 radical (unpaired) electrons. The number of hydrogen-bond donors (Lipinski definition) is 1. The van der Waals surface area contributed by atoms with Crippen molar-refractivity contribution in [1.82, 2.24) is 9.97 Å². The Morgan fingerprint density at radius 2 is 1.65 bits per heavy atom. The van der Waals surface area contributed by atoms with E-state index in [-0.39, 0.29) is 12.0 Å². The molecule has 0 amide bonds. The first-order valence-corrected chi connectivity index (χ1v) is 9.87. The van der Waals surface area contributed by atoms with Crippen LogP contribution in [0.3, 0.4) is 0 Å². The molecular formula is C23H25N3O5. The summed E-state index contributed by atoms with van der Waals surface area (Å²) in [5.41, 5.74) is 2.01. The number of nitrogens with one attached hydrogen (secondary N) is 1. The fourth-order valence-electron chi connectivity index (χ4n) is 2.76. The van der Waals surface area contributed by atoms with Crippen molar-refractivity contribution >= 4 is 11.7 Å². The number of esters is 1. The standard InChI is InChI=1S/C23H25N3O5/c1-4-13-30-22(27)17-10-6-7-11-18(17)24-15-16-9-5-8-12-19(16)31-23-25-20(28-2)14-21(26-23)29-3/h5-12,14,24H,4,13,15H2,1-3H3. The van der Waals surface area contributed by atoms with E-state index in [0.29, 0.717) is 41.9 Å². The number of carbonyl (C=O) groups is 1. The normalized spacial score (nSPS) is 10.3. The Morgan fingerprint density at radius 3 is 2.35 bits per heavy atom. The molecule has 162 valence electrons. The summed E-state index contributed by atoms with van der Waals surface area (Å²) < 4.78 is 21.5. The predicted molar refractivity (Wildman–Crippen MR) is 116 cm³/mol. The van der Waals surface area contributed by atoms with Crippen LogP contribution in [0.2, 0.25) is 0 Å². The molecule has 0 aliphatic rings. The molecule has 8 heteroatoms. The number of para-hydroxylation sites is 2. The lowest BCUT2D eigenvalue weighted by Crippen LogP contribution is -2.10. The number of benzene rings is 2. The Balaban J connectivity index is 1.78. The van der Waals surface area contributed by atoms with E-state index < -0.39 is 0 Å². The maximum atomic E-state index is 12.3. The van der Waals surface area contributed by atoms with E-state index in [2.05, 4.69) is 15.3 Å². The molecule has 0 unspecified atom stereocenters. The summed E-state index contributed by atoms with van der Waals surface area (Å²) in [5.74, 6) is 0.872. The summed E-state index contributed by atoms with van der Waals surface area (Å²) in [6.45, 7) is 2.75. The minimum Gasteiger partial charge on any atom is -0.481 e. The molecule has 2 aromatic carbocycles. The van der Waals surface area contributed by atoms with E-state index in [9.17, 15) is 4.79 Å². The number of hydrogen-bond acceptors (Lipinski definition) is 8. The largest absolute Gasteiger partial charge is 0.481 e. The number of methoxy groups -OCH3 is 2. The first kappa shape index (κ1) is 21.9. The van der Waals surface area contributed by atoms with Crippen LogP contribution in [0.4, 0.5) is 5.69 Å². The fourth-order valence-corrected chi connectivity index (χ4v) is 2.76. The zero-order chi connectivity index (χ0) is 22.1. The average Bonchev–Trinajstić information content (AvgIpc) is 2.81. The highest BCUT2D eigenvalue weighted by atomic mass is 16.5. The van der Waals surface area contributed by atoms with Gasteiger partial charge in [0.2, 0.25) is 11.8 Å². The van der Waals surface area contributed by atoms with Crippen LogP contribution in [-0.2, 0) is 11.3 Å². The Labute approximate surface area is 181 Å². The number of nitrogens with zero attached hydrogens (tertiary/aromatic N) is 2. The molecule has 0 aliphatic heterocycles. The maximum absolute atomic E-state index is 12.3. The van der Waals surface area contributed by atoms with E-state index in [1.165, 1.54) is 14.2 Å². The molecule has 3 rings (SSSR count). The van der Waals surface area contributed by atoms with Crippen molar-refractivity contribution in [2.45, 2.75) is 19.9 Å². The van der Waals surface area contributed by atoms with Gasteiger partial charge in [0, 0.05) is 17.8 Å². The molecule has 1 N–H and O–H groups in total. The molecule has 0 saturated heterocycles. The smallest absolute Gasteiger partial charge is 0.340 e. The van der Waals surface area contributed by atoms with E-state index in [4.69, 9.17) is 18.9 Å². The Hall–Kier alpha value is -3.81. The monoisotopic (exact) mass is 423 g/mol. The van der Waals surface area contributed by atoms with E-state index in [1.807, 2.05) is 43.3 Å². The maximum Gasteiger partial charge on any atom is 0.340 e. The molecule has 0 saturated carbocycles. The molecule has 1 aromatic heterocycles. The predicted octanol–water partition coefficient (Wildman–Crippen LogP) is 4.47. The van der Waals surface area contributed by atoms with Gasteiger partial charge in [-0.15, -0.1) is 0 Å². The van der Waals surface area contributed by atoms with Crippen LogP contribution in [0, 0.1) is 0 Å². The first-order chi connectivity index (χ1) is 15.1. The van der Waals surface area contributed by atoms with Crippen LogP contribution in [0.1, 0.15) is 29.3 Å². The first-order valence-electron chi connectivity index (χ1n) is 9.87. The van der Waals surface area contributed by atoms with Gasteiger partial charge in [-0.25, -0.2) is 4.79 Å². The molecule has 0 atom stereocenters. The lowest BCUT2D eigenvalue weighted by atomic mass is 10.1. The van der Waals surface area contributed by atoms with Crippen LogP contribution in [0.15, 0.2) is 54.6 Å². The molecule has 31 heavy (non-hydrogen) atoms. The SMILES string of the molecule is CCCOC(=O)c1ccccc1NCc1ccccc1Oc1nc(OC)cc(OC)n1. The molecule has 0 bridgehead atoms. The third-order valence-electron chi connectivity index (χ3n) is 4.30.